The number of benzene rings is 4. The summed E-state index contributed by atoms with van der Waals surface area (Å²) < 4.78 is 43.3. The van der Waals surface area contributed by atoms with Gasteiger partial charge in [-0.05, 0) is 0 Å². The van der Waals surface area contributed by atoms with Gasteiger partial charge in [-0.2, -0.15) is 0 Å². The third-order valence-electron chi connectivity index (χ3n) is 5.73. The molecule has 0 amide bonds. The van der Waals surface area contributed by atoms with Gasteiger partial charge in [0.2, 0.25) is 0 Å². The Morgan fingerprint density at radius 1 is 0.649 bits per heavy atom. The summed E-state index contributed by atoms with van der Waals surface area (Å²) in [7, 11) is -4.21. The van der Waals surface area contributed by atoms with E-state index in [1.165, 1.54) is 20.6 Å². The molecule has 0 saturated heterocycles. The zero-order chi connectivity index (χ0) is 27.0. The second-order valence-electron chi connectivity index (χ2n) is 7.92. The van der Waals surface area contributed by atoms with Gasteiger partial charge in [-0.25, -0.2) is 0 Å². The van der Waals surface area contributed by atoms with Gasteiger partial charge >= 0.3 is 217 Å². The molecule has 1 nitrogen and oxygen atoms in total. The smallest absolute Gasteiger partial charge is 0.418 e. The molecule has 4 aromatic rings. The van der Waals surface area contributed by atoms with Gasteiger partial charge in [-0.3, -0.25) is 0 Å². The van der Waals surface area contributed by atoms with Crippen molar-refractivity contribution in [3.63, 3.8) is 0 Å². The van der Waals surface area contributed by atoms with Crippen molar-refractivity contribution in [2.24, 2.45) is 0 Å². The molecule has 4 aromatic carbocycles. The Balaban J connectivity index is 0.000000695. The van der Waals surface area contributed by atoms with Crippen LogP contribution in [-0.2, 0) is 4.74 Å². The molecule has 0 bridgehead atoms. The molecule has 0 spiro atoms. The van der Waals surface area contributed by atoms with E-state index >= 15 is 0 Å². The van der Waals surface area contributed by atoms with E-state index in [1.807, 2.05) is 6.07 Å². The standard InChI is InChI=1S/C28H26IOPS.BF4/c1-30-27(23-15-7-3-8-16-23)28(32-2)31(29,24-17-9-4-10-18-24,25-19-11-5-12-20-25)26-21-13-6-14-22-26;2-1(3,4)5/h3-22H,1-2H3;/q;-1/b28-27-;. The molecule has 194 valence electrons. The molecule has 0 fully saturated rings. The van der Waals surface area contributed by atoms with Crippen LogP contribution in [0.5, 0.6) is 0 Å². The summed E-state index contributed by atoms with van der Waals surface area (Å²) in [5.74, 6) is 0.932. The van der Waals surface area contributed by atoms with E-state index in [9.17, 15) is 17.3 Å². The predicted molar refractivity (Wildman–Crippen MR) is 163 cm³/mol. The van der Waals surface area contributed by atoms with Gasteiger partial charge < -0.3 is 17.3 Å². The molecule has 37 heavy (non-hydrogen) atoms. The summed E-state index contributed by atoms with van der Waals surface area (Å²) in [6.45, 7) is 0. The first kappa shape index (κ1) is 29.3. The fourth-order valence-electron chi connectivity index (χ4n) is 4.30. The van der Waals surface area contributed by atoms with Crippen LogP contribution >= 0.6 is 38.0 Å². The molecule has 0 radical (unpaired) electrons. The number of hydrogen-bond acceptors (Lipinski definition) is 2. The van der Waals surface area contributed by atoms with E-state index < -0.39 is 11.5 Å². The van der Waals surface area contributed by atoms with Crippen molar-refractivity contribution in [1.29, 1.82) is 0 Å². The van der Waals surface area contributed by atoms with Crippen molar-refractivity contribution < 1.29 is 22.0 Å². The topological polar surface area (TPSA) is 9.23 Å². The number of methoxy groups -OCH3 is 1. The summed E-state index contributed by atoms with van der Waals surface area (Å²) in [5, 5.41) is 3.93. The quantitative estimate of drug-likeness (QED) is 0.0650. The van der Waals surface area contributed by atoms with E-state index in [0.717, 1.165) is 11.3 Å². The van der Waals surface area contributed by atoms with Gasteiger partial charge in [-0.15, -0.1) is 0 Å². The van der Waals surface area contributed by atoms with Crippen molar-refractivity contribution >= 4 is 67.0 Å². The maximum Gasteiger partial charge on any atom is 0.673 e. The molecule has 4 rings (SSSR count). The van der Waals surface area contributed by atoms with Crippen molar-refractivity contribution in [2.45, 2.75) is 0 Å². The van der Waals surface area contributed by atoms with E-state index in [1.54, 1.807) is 18.9 Å². The first-order chi connectivity index (χ1) is 17.6. The van der Waals surface area contributed by atoms with Crippen molar-refractivity contribution in [3.8, 4) is 0 Å². The molecule has 0 heterocycles. The Morgan fingerprint density at radius 2 is 0.946 bits per heavy atom. The second-order valence-corrected chi connectivity index (χ2v) is 18.8. The fourth-order valence-corrected chi connectivity index (χ4v) is 16.7. The normalized spacial score (nSPS) is 13.3. The predicted octanol–water partition coefficient (Wildman–Crippen LogP) is 8.50. The van der Waals surface area contributed by atoms with Crippen molar-refractivity contribution in [2.75, 3.05) is 13.4 Å². The average molecular weight is 655 g/mol. The summed E-state index contributed by atoms with van der Waals surface area (Å²) >= 11 is 4.60. The van der Waals surface area contributed by atoms with Crippen LogP contribution in [-0.4, -0.2) is 20.6 Å². The van der Waals surface area contributed by atoms with E-state index in [0.29, 0.717) is 0 Å². The van der Waals surface area contributed by atoms with Gasteiger partial charge in [0.25, 0.3) is 0 Å². The fraction of sp³-hybridized carbons (Fsp3) is 0.0714. The van der Waals surface area contributed by atoms with Crippen LogP contribution in [0.1, 0.15) is 5.56 Å². The molecular weight excluding hydrogens is 629 g/mol. The van der Waals surface area contributed by atoms with Crippen LogP contribution in [0.4, 0.5) is 17.3 Å². The molecule has 0 aliphatic heterocycles. The molecular formula is C28H26BF4IOPS-. The number of rotatable bonds is 7. The van der Waals surface area contributed by atoms with E-state index in [4.69, 9.17) is 4.74 Å². The third kappa shape index (κ3) is 6.24. The van der Waals surface area contributed by atoms with Crippen LogP contribution in [0.25, 0.3) is 5.76 Å². The first-order valence-electron chi connectivity index (χ1n) is 11.3. The molecule has 0 aliphatic rings. The number of halogens is 5. The Hall–Kier alpha value is -2.29. The van der Waals surface area contributed by atoms with Crippen molar-refractivity contribution in [3.05, 3.63) is 132 Å². The average Bonchev–Trinajstić information content (AvgIpc) is 2.92. The van der Waals surface area contributed by atoms with Crippen LogP contribution in [0, 0.1) is 0 Å². The largest absolute Gasteiger partial charge is 0.673 e. The summed E-state index contributed by atoms with van der Waals surface area (Å²) in [5.41, 5.74) is 1.09. The van der Waals surface area contributed by atoms with Crippen molar-refractivity contribution in [1.82, 2.24) is 0 Å². The Bertz CT molecular complexity index is 1200. The minimum absolute atomic E-state index is 0.932. The van der Waals surface area contributed by atoms with Gasteiger partial charge in [0, 0.05) is 0 Å². The second kappa shape index (κ2) is 12.5. The van der Waals surface area contributed by atoms with Crippen LogP contribution in [0.3, 0.4) is 0 Å². The monoisotopic (exact) mass is 655 g/mol. The molecule has 0 saturated carbocycles. The molecule has 0 N–H and O–H groups in total. The number of thioether (sulfide) groups is 1. The van der Waals surface area contributed by atoms with Crippen LogP contribution < -0.4 is 15.9 Å². The maximum absolute atomic E-state index is 9.75. The summed E-state index contributed by atoms with van der Waals surface area (Å²) in [4.78, 5) is 0. The van der Waals surface area contributed by atoms with E-state index in [2.05, 4.69) is 144 Å². The molecule has 0 unspecified atom stereocenters. The van der Waals surface area contributed by atoms with Gasteiger partial charge in [0.05, 0.1) is 0 Å². The Labute approximate surface area is 232 Å². The number of ether oxygens (including phenoxy) is 1. The van der Waals surface area contributed by atoms with E-state index in [-0.39, 0.29) is 0 Å². The number of hydrogen-bond donors (Lipinski definition) is 0. The molecule has 0 aliphatic carbocycles. The maximum atomic E-state index is 9.75. The molecule has 0 aromatic heterocycles. The van der Waals surface area contributed by atoms with Gasteiger partial charge in [0.1, 0.15) is 0 Å². The zero-order valence-corrected chi connectivity index (χ0v) is 24.1. The molecule has 9 heteroatoms. The minimum atomic E-state index is -6.00. The van der Waals surface area contributed by atoms with Crippen LogP contribution in [0.15, 0.2) is 126 Å². The van der Waals surface area contributed by atoms with Gasteiger partial charge in [0.15, 0.2) is 0 Å². The Kier molecular flexibility index (Phi) is 9.89. The first-order valence-corrected chi connectivity index (χ1v) is 17.6. The van der Waals surface area contributed by atoms with Crippen LogP contribution in [0.2, 0.25) is 0 Å². The SMILES string of the molecule is CO/C(=C(\SC)P(I)(c1ccccc1)(c1ccccc1)c1ccccc1)c1ccccc1.F[B-](F)(F)F. The summed E-state index contributed by atoms with van der Waals surface area (Å²) in [6, 6.07) is 43.3. The third-order valence-corrected chi connectivity index (χ3v) is 20.2. The van der Waals surface area contributed by atoms with Gasteiger partial charge in [-0.1, -0.05) is 0 Å². The zero-order valence-electron chi connectivity index (χ0n) is 20.3. The minimum Gasteiger partial charge on any atom is -0.418 e. The molecule has 0 atom stereocenters. The Morgan fingerprint density at radius 3 is 1.22 bits per heavy atom. The summed E-state index contributed by atoms with van der Waals surface area (Å²) in [6.07, 6.45) is 2.17.